The van der Waals surface area contributed by atoms with Gasteiger partial charge in [0.25, 0.3) is 0 Å². The third kappa shape index (κ3) is 3.71. The van der Waals surface area contributed by atoms with Crippen LogP contribution in [0, 0.1) is 6.92 Å². The van der Waals surface area contributed by atoms with Crippen LogP contribution in [0.2, 0.25) is 9.36 Å². The molecule has 0 fully saturated rings. The van der Waals surface area contributed by atoms with Crippen molar-refractivity contribution in [2.45, 2.75) is 20.0 Å². The Balaban J connectivity index is 1.90. The van der Waals surface area contributed by atoms with Gasteiger partial charge in [0.05, 0.1) is 4.34 Å². The van der Waals surface area contributed by atoms with Crippen LogP contribution in [-0.4, -0.2) is 0 Å². The highest BCUT2D eigenvalue weighted by atomic mass is 35.5. The van der Waals surface area contributed by atoms with Gasteiger partial charge < -0.3 is 5.32 Å². The van der Waals surface area contributed by atoms with E-state index in [1.54, 1.807) is 11.3 Å². The molecule has 4 heteroatoms. The summed E-state index contributed by atoms with van der Waals surface area (Å²) in [6.45, 7) is 3.63. The summed E-state index contributed by atoms with van der Waals surface area (Å²) < 4.78 is 0.829. The van der Waals surface area contributed by atoms with E-state index in [1.807, 2.05) is 25.1 Å². The molecule has 1 nitrogen and oxygen atoms in total. The number of nitrogens with one attached hydrogen (secondary N) is 1. The largest absolute Gasteiger partial charge is 0.308 e. The maximum atomic E-state index is 6.16. The highest BCUT2D eigenvalue weighted by molar-refractivity contribution is 7.16. The van der Waals surface area contributed by atoms with Crippen molar-refractivity contribution in [3.05, 3.63) is 55.7 Å². The summed E-state index contributed by atoms with van der Waals surface area (Å²) in [5.74, 6) is 0. The summed E-state index contributed by atoms with van der Waals surface area (Å²) in [7, 11) is 0. The molecule has 0 amide bonds. The molecule has 0 saturated heterocycles. The average Bonchev–Trinajstić information content (AvgIpc) is 2.68. The predicted octanol–water partition coefficient (Wildman–Crippen LogP) is 4.65. The highest BCUT2D eigenvalue weighted by Gasteiger charge is 2.01. The first-order valence-electron chi connectivity index (χ1n) is 5.35. The van der Waals surface area contributed by atoms with Crippen molar-refractivity contribution >= 4 is 34.5 Å². The van der Waals surface area contributed by atoms with Crippen LogP contribution in [0.1, 0.15) is 16.0 Å². The molecule has 1 aromatic heterocycles. The fourth-order valence-electron chi connectivity index (χ4n) is 1.56. The van der Waals surface area contributed by atoms with Gasteiger partial charge in [0.2, 0.25) is 0 Å². The van der Waals surface area contributed by atoms with Gasteiger partial charge in [-0.2, -0.15) is 0 Å². The zero-order valence-corrected chi connectivity index (χ0v) is 11.8. The monoisotopic (exact) mass is 285 g/mol. The van der Waals surface area contributed by atoms with Gasteiger partial charge in [-0.3, -0.25) is 0 Å². The van der Waals surface area contributed by atoms with Crippen molar-refractivity contribution in [1.82, 2.24) is 5.32 Å². The second-order valence-corrected chi connectivity index (χ2v) is 6.11. The van der Waals surface area contributed by atoms with Crippen LogP contribution < -0.4 is 5.32 Å². The molecule has 0 unspecified atom stereocenters. The Morgan fingerprint density at radius 2 is 1.94 bits per heavy atom. The summed E-state index contributed by atoms with van der Waals surface area (Å²) in [5.41, 5.74) is 2.31. The van der Waals surface area contributed by atoms with Crippen LogP contribution >= 0.6 is 34.5 Å². The van der Waals surface area contributed by atoms with E-state index >= 15 is 0 Å². The number of hydrogen-bond donors (Lipinski definition) is 1. The van der Waals surface area contributed by atoms with Gasteiger partial charge >= 0.3 is 0 Å². The fraction of sp³-hybridized carbons (Fsp3) is 0.231. The summed E-state index contributed by atoms with van der Waals surface area (Å²) in [4.78, 5) is 1.23. The van der Waals surface area contributed by atoms with Crippen LogP contribution in [0.5, 0.6) is 0 Å². The zero-order valence-electron chi connectivity index (χ0n) is 9.47. The number of rotatable bonds is 4. The van der Waals surface area contributed by atoms with Gasteiger partial charge in [-0.05, 0) is 36.2 Å². The number of benzene rings is 1. The third-order valence-corrected chi connectivity index (χ3v) is 4.04. The molecule has 2 aromatic rings. The Labute approximate surface area is 115 Å². The minimum atomic E-state index is 0.772. The Bertz CT molecular complexity index is 508. The number of thiophene rings is 1. The second-order valence-electron chi connectivity index (χ2n) is 3.90. The number of halogens is 2. The van der Waals surface area contributed by atoms with Gasteiger partial charge in [0, 0.05) is 23.0 Å². The molecular formula is C13H13Cl2NS. The Kier molecular flexibility index (Phi) is 4.46. The second kappa shape index (κ2) is 5.87. The van der Waals surface area contributed by atoms with E-state index in [4.69, 9.17) is 23.2 Å². The Morgan fingerprint density at radius 1 is 1.12 bits per heavy atom. The van der Waals surface area contributed by atoms with Gasteiger partial charge in [-0.1, -0.05) is 35.3 Å². The van der Waals surface area contributed by atoms with E-state index in [0.29, 0.717) is 0 Å². The molecule has 90 valence electrons. The molecule has 0 aliphatic heterocycles. The summed E-state index contributed by atoms with van der Waals surface area (Å²) in [6, 6.07) is 10.1. The predicted molar refractivity (Wildman–Crippen MR) is 76.1 cm³/mol. The third-order valence-electron chi connectivity index (χ3n) is 2.45. The topological polar surface area (TPSA) is 12.0 Å². The highest BCUT2D eigenvalue weighted by Crippen LogP contribution is 2.21. The lowest BCUT2D eigenvalue weighted by Gasteiger charge is -2.06. The van der Waals surface area contributed by atoms with Crippen molar-refractivity contribution in [2.75, 3.05) is 0 Å². The van der Waals surface area contributed by atoms with E-state index in [0.717, 1.165) is 28.0 Å². The molecule has 0 bridgehead atoms. The summed E-state index contributed by atoms with van der Waals surface area (Å²) >= 11 is 13.6. The zero-order chi connectivity index (χ0) is 12.3. The molecule has 1 aromatic carbocycles. The van der Waals surface area contributed by atoms with Gasteiger partial charge in [0.1, 0.15) is 0 Å². The molecule has 0 saturated carbocycles. The van der Waals surface area contributed by atoms with E-state index in [2.05, 4.69) is 17.4 Å². The fourth-order valence-corrected chi connectivity index (χ4v) is 2.92. The maximum Gasteiger partial charge on any atom is 0.0931 e. The number of hydrogen-bond acceptors (Lipinski definition) is 2. The van der Waals surface area contributed by atoms with Gasteiger partial charge in [-0.25, -0.2) is 0 Å². The molecule has 2 rings (SSSR count). The van der Waals surface area contributed by atoms with Crippen molar-refractivity contribution in [3.63, 3.8) is 0 Å². The maximum absolute atomic E-state index is 6.16. The van der Waals surface area contributed by atoms with Crippen LogP contribution in [0.4, 0.5) is 0 Å². The lowest BCUT2D eigenvalue weighted by atomic mass is 10.1. The first kappa shape index (κ1) is 12.9. The summed E-state index contributed by atoms with van der Waals surface area (Å²) in [6.07, 6.45) is 0. The normalized spacial score (nSPS) is 10.8. The van der Waals surface area contributed by atoms with E-state index in [1.165, 1.54) is 10.4 Å². The standard InChI is InChI=1S/C13H13Cl2NS/c1-9-2-3-10(12(14)6-9)7-16-8-11-4-5-13(15)17-11/h2-6,16H,7-8H2,1H3. The SMILES string of the molecule is Cc1ccc(CNCc2ccc(Cl)s2)c(Cl)c1. The summed E-state index contributed by atoms with van der Waals surface area (Å²) in [5, 5.41) is 4.18. The Morgan fingerprint density at radius 3 is 2.59 bits per heavy atom. The van der Waals surface area contributed by atoms with E-state index < -0.39 is 0 Å². The van der Waals surface area contributed by atoms with Crippen LogP contribution in [-0.2, 0) is 13.1 Å². The molecule has 0 radical (unpaired) electrons. The first-order chi connectivity index (χ1) is 8.15. The van der Waals surface area contributed by atoms with Crippen molar-refractivity contribution < 1.29 is 0 Å². The van der Waals surface area contributed by atoms with Crippen molar-refractivity contribution in [3.8, 4) is 0 Å². The molecule has 0 atom stereocenters. The van der Waals surface area contributed by atoms with E-state index in [-0.39, 0.29) is 0 Å². The smallest absolute Gasteiger partial charge is 0.0931 e. The quantitative estimate of drug-likeness (QED) is 0.862. The number of aryl methyl sites for hydroxylation is 1. The lowest BCUT2D eigenvalue weighted by molar-refractivity contribution is 0.701. The molecule has 1 N–H and O–H groups in total. The first-order valence-corrected chi connectivity index (χ1v) is 6.92. The van der Waals surface area contributed by atoms with Gasteiger partial charge in [-0.15, -0.1) is 11.3 Å². The molecular weight excluding hydrogens is 273 g/mol. The molecule has 0 aliphatic rings. The van der Waals surface area contributed by atoms with Crippen LogP contribution in [0.15, 0.2) is 30.3 Å². The average molecular weight is 286 g/mol. The lowest BCUT2D eigenvalue weighted by Crippen LogP contribution is -2.12. The Hall–Kier alpha value is -0.540. The molecule has 0 spiro atoms. The van der Waals surface area contributed by atoms with Crippen LogP contribution in [0.3, 0.4) is 0 Å². The van der Waals surface area contributed by atoms with E-state index in [9.17, 15) is 0 Å². The van der Waals surface area contributed by atoms with Crippen LogP contribution in [0.25, 0.3) is 0 Å². The minimum Gasteiger partial charge on any atom is -0.308 e. The van der Waals surface area contributed by atoms with Crippen molar-refractivity contribution in [1.29, 1.82) is 0 Å². The minimum absolute atomic E-state index is 0.772. The molecule has 1 heterocycles. The molecule has 0 aliphatic carbocycles. The van der Waals surface area contributed by atoms with Crippen molar-refractivity contribution in [2.24, 2.45) is 0 Å². The van der Waals surface area contributed by atoms with Gasteiger partial charge in [0.15, 0.2) is 0 Å². The molecule has 17 heavy (non-hydrogen) atoms.